The first-order valence-electron chi connectivity index (χ1n) is 11.2. The molecule has 0 fully saturated rings. The molecule has 0 amide bonds. The van der Waals surface area contributed by atoms with E-state index >= 15 is 0 Å². The fourth-order valence-electron chi connectivity index (χ4n) is 3.96. The van der Waals surface area contributed by atoms with Crippen LogP contribution in [0.5, 0.6) is 0 Å². The fourth-order valence-corrected chi connectivity index (χ4v) is 3.96. The number of aliphatic imine (C=N–C) groups is 1. The van der Waals surface area contributed by atoms with Gasteiger partial charge in [0, 0.05) is 35.2 Å². The number of benzene rings is 1. The molecular weight excluding hydrogens is 428 g/mol. The average Bonchev–Trinajstić information content (AvgIpc) is 2.80. The smallest absolute Gasteiger partial charge is 0.335 e. The topological polar surface area (TPSA) is 132 Å². The summed E-state index contributed by atoms with van der Waals surface area (Å²) in [5, 5.41) is 9.12. The predicted molar refractivity (Wildman–Crippen MR) is 136 cm³/mol. The van der Waals surface area contributed by atoms with E-state index in [4.69, 9.17) is 21.7 Å². The maximum Gasteiger partial charge on any atom is 0.335 e. The summed E-state index contributed by atoms with van der Waals surface area (Å²) in [5.74, 6) is 0. The Morgan fingerprint density at radius 3 is 2.41 bits per heavy atom. The van der Waals surface area contributed by atoms with Crippen LogP contribution >= 0.6 is 0 Å². The lowest BCUT2D eigenvalue weighted by molar-refractivity contribution is 0.626. The molecule has 1 heterocycles. The summed E-state index contributed by atoms with van der Waals surface area (Å²) in [6, 6.07) is 8.74. The van der Waals surface area contributed by atoms with Gasteiger partial charge in [-0.05, 0) is 70.9 Å². The van der Waals surface area contributed by atoms with Crippen molar-refractivity contribution in [3.05, 3.63) is 91.9 Å². The van der Waals surface area contributed by atoms with E-state index < -0.39 is 16.8 Å². The van der Waals surface area contributed by atoms with Gasteiger partial charge in [-0.2, -0.15) is 5.26 Å². The van der Waals surface area contributed by atoms with E-state index in [0.29, 0.717) is 33.9 Å². The molecule has 34 heavy (non-hydrogen) atoms. The predicted octanol–water partition coefficient (Wildman–Crippen LogP) is 3.10. The number of nitrogens with two attached hydrogens (primary N) is 2. The molecule has 176 valence electrons. The molecule has 0 saturated carbocycles. The van der Waals surface area contributed by atoms with Crippen LogP contribution in [0.2, 0.25) is 0 Å². The van der Waals surface area contributed by atoms with Crippen LogP contribution in [0, 0.1) is 18.3 Å². The van der Waals surface area contributed by atoms with Crippen LogP contribution in [0.25, 0.3) is 5.70 Å². The lowest BCUT2D eigenvalue weighted by Crippen LogP contribution is -2.46. The zero-order valence-corrected chi connectivity index (χ0v) is 20.0. The van der Waals surface area contributed by atoms with E-state index in [0.717, 1.165) is 12.8 Å². The first kappa shape index (κ1) is 24.7. The van der Waals surface area contributed by atoms with E-state index in [1.165, 1.54) is 10.8 Å². The van der Waals surface area contributed by atoms with Gasteiger partial charge in [-0.3, -0.25) is 13.9 Å². The molecular formula is C26H30N6O2. The molecule has 0 saturated heterocycles. The fraction of sp³-hybridized carbons (Fsp3) is 0.308. The van der Waals surface area contributed by atoms with Crippen molar-refractivity contribution in [2.45, 2.75) is 52.6 Å². The zero-order chi connectivity index (χ0) is 25.0. The largest absolute Gasteiger partial charge is 0.404 e. The van der Waals surface area contributed by atoms with Gasteiger partial charge < -0.3 is 11.5 Å². The average molecular weight is 459 g/mol. The summed E-state index contributed by atoms with van der Waals surface area (Å²) in [4.78, 5) is 31.7. The minimum absolute atomic E-state index is 0.194. The lowest BCUT2D eigenvalue weighted by atomic mass is 9.88. The van der Waals surface area contributed by atoms with Crippen LogP contribution in [-0.4, -0.2) is 20.4 Å². The summed E-state index contributed by atoms with van der Waals surface area (Å²) in [6.07, 6.45) is 8.91. The van der Waals surface area contributed by atoms with Crippen molar-refractivity contribution in [1.82, 2.24) is 9.13 Å². The van der Waals surface area contributed by atoms with Gasteiger partial charge >= 0.3 is 5.69 Å². The quantitative estimate of drug-likeness (QED) is 0.642. The lowest BCUT2D eigenvalue weighted by Gasteiger charge is -2.26. The SMILES string of the molecule is CCn1c(=O)c(C(=Nc2ccc(C#N)cc2)C(=CN)C(C)(C)N)c(C)n(C2=CCCC=C2)c1=O. The molecule has 8 heteroatoms. The van der Waals surface area contributed by atoms with Crippen molar-refractivity contribution >= 4 is 17.1 Å². The van der Waals surface area contributed by atoms with Crippen LogP contribution in [0.4, 0.5) is 5.69 Å². The highest BCUT2D eigenvalue weighted by atomic mass is 16.2. The third-order valence-electron chi connectivity index (χ3n) is 5.72. The van der Waals surface area contributed by atoms with Crippen molar-refractivity contribution < 1.29 is 0 Å². The number of nitriles is 1. The second-order valence-electron chi connectivity index (χ2n) is 8.66. The van der Waals surface area contributed by atoms with Crippen molar-refractivity contribution in [1.29, 1.82) is 5.26 Å². The minimum atomic E-state index is -0.929. The van der Waals surface area contributed by atoms with Gasteiger partial charge in [0.25, 0.3) is 5.56 Å². The molecule has 0 radical (unpaired) electrons. The summed E-state index contributed by atoms with van der Waals surface area (Å²) in [6.45, 7) is 7.22. The Morgan fingerprint density at radius 2 is 1.91 bits per heavy atom. The summed E-state index contributed by atoms with van der Waals surface area (Å²) >= 11 is 0. The Bertz CT molecular complexity index is 1370. The number of aromatic nitrogens is 2. The van der Waals surface area contributed by atoms with E-state index in [1.807, 2.05) is 18.2 Å². The van der Waals surface area contributed by atoms with Crippen molar-refractivity contribution in [3.63, 3.8) is 0 Å². The molecule has 1 aromatic heterocycles. The van der Waals surface area contributed by atoms with E-state index in [1.54, 1.807) is 56.5 Å². The molecule has 3 rings (SSSR count). The van der Waals surface area contributed by atoms with Crippen molar-refractivity contribution in [2.24, 2.45) is 16.5 Å². The summed E-state index contributed by atoms with van der Waals surface area (Å²) in [5.41, 5.74) is 13.8. The minimum Gasteiger partial charge on any atom is -0.404 e. The van der Waals surface area contributed by atoms with Crippen LogP contribution in [-0.2, 0) is 6.54 Å². The van der Waals surface area contributed by atoms with Crippen molar-refractivity contribution in [2.75, 3.05) is 0 Å². The Labute approximate surface area is 198 Å². The van der Waals surface area contributed by atoms with E-state index in [9.17, 15) is 9.59 Å². The highest BCUT2D eigenvalue weighted by Gasteiger charge is 2.29. The van der Waals surface area contributed by atoms with Gasteiger partial charge in [-0.25, -0.2) is 9.79 Å². The number of hydrogen-bond donors (Lipinski definition) is 2. The summed E-state index contributed by atoms with van der Waals surface area (Å²) < 4.78 is 2.74. The Kier molecular flexibility index (Phi) is 7.18. The number of rotatable bonds is 6. The standard InChI is InChI=1S/C26H30N6O2/c1-5-31-24(33)22(17(2)32(25(31)34)20-9-7-6-8-10-20)23(21(16-28)26(3,4)29)30-19-13-11-18(15-27)12-14-19/h7,9-14,16H,5-6,8,28-29H2,1-4H3. The zero-order valence-electron chi connectivity index (χ0n) is 20.0. The summed E-state index contributed by atoms with van der Waals surface area (Å²) in [7, 11) is 0. The number of hydrogen-bond acceptors (Lipinski definition) is 6. The third kappa shape index (κ3) is 4.70. The van der Waals surface area contributed by atoms with Crippen LogP contribution < -0.4 is 22.7 Å². The molecule has 0 bridgehead atoms. The van der Waals surface area contributed by atoms with Gasteiger partial charge in [0.1, 0.15) is 0 Å². The molecule has 0 spiro atoms. The first-order valence-corrected chi connectivity index (χ1v) is 11.2. The van der Waals surface area contributed by atoms with E-state index in [-0.39, 0.29) is 12.1 Å². The molecule has 2 aromatic rings. The van der Waals surface area contributed by atoms with Gasteiger partial charge in [-0.1, -0.05) is 12.2 Å². The maximum absolute atomic E-state index is 13.6. The second-order valence-corrected chi connectivity index (χ2v) is 8.66. The van der Waals surface area contributed by atoms with Gasteiger partial charge in [0.15, 0.2) is 0 Å². The van der Waals surface area contributed by atoms with Gasteiger partial charge in [0.2, 0.25) is 0 Å². The van der Waals surface area contributed by atoms with Crippen LogP contribution in [0.15, 0.2) is 68.8 Å². The normalized spacial score (nSPS) is 14.6. The van der Waals surface area contributed by atoms with Crippen LogP contribution in [0.3, 0.4) is 0 Å². The first-order chi connectivity index (χ1) is 16.1. The van der Waals surface area contributed by atoms with Gasteiger partial charge in [-0.15, -0.1) is 0 Å². The molecule has 1 aliphatic carbocycles. The van der Waals surface area contributed by atoms with Gasteiger partial charge in [0.05, 0.1) is 28.6 Å². The number of allylic oxidation sites excluding steroid dienone is 4. The Morgan fingerprint density at radius 1 is 1.24 bits per heavy atom. The van der Waals surface area contributed by atoms with Crippen LogP contribution in [0.1, 0.15) is 50.4 Å². The Balaban J connectivity index is 2.44. The molecule has 0 aliphatic heterocycles. The van der Waals surface area contributed by atoms with E-state index in [2.05, 4.69) is 6.07 Å². The molecule has 8 nitrogen and oxygen atoms in total. The molecule has 0 unspecified atom stereocenters. The Hall–Kier alpha value is -3.96. The monoisotopic (exact) mass is 458 g/mol. The van der Waals surface area contributed by atoms with Crippen molar-refractivity contribution in [3.8, 4) is 6.07 Å². The molecule has 1 aliphatic rings. The number of nitrogens with zero attached hydrogens (tertiary/aromatic N) is 4. The molecule has 1 aromatic carbocycles. The second kappa shape index (κ2) is 9.89. The molecule has 0 atom stereocenters. The highest BCUT2D eigenvalue weighted by molar-refractivity contribution is 6.15. The molecule has 4 N–H and O–H groups in total. The highest BCUT2D eigenvalue weighted by Crippen LogP contribution is 2.24. The third-order valence-corrected chi connectivity index (χ3v) is 5.72. The maximum atomic E-state index is 13.6.